The number of carbonyl (C=O) groups is 3. The van der Waals surface area contributed by atoms with Crippen LogP contribution in [0.25, 0.3) is 0 Å². The standard InChI is InChI=1S/C13H16N2O5/c1-8(16)14-9-4-6-15(7-5-9)12(17)10-2-3-11(20-10)13(18)19/h2-3,9H,4-7H2,1H3,(H,14,16)(H,18,19). The van der Waals surface area contributed by atoms with Gasteiger partial charge in [0.1, 0.15) is 0 Å². The number of carboxylic acid groups (broad SMARTS) is 1. The van der Waals surface area contributed by atoms with Gasteiger partial charge >= 0.3 is 5.97 Å². The minimum absolute atomic E-state index is 0.0281. The number of aromatic carboxylic acids is 1. The number of nitrogens with one attached hydrogen (secondary N) is 1. The number of amides is 2. The lowest BCUT2D eigenvalue weighted by molar-refractivity contribution is -0.119. The van der Waals surface area contributed by atoms with Crippen molar-refractivity contribution in [1.82, 2.24) is 10.2 Å². The zero-order chi connectivity index (χ0) is 14.7. The topological polar surface area (TPSA) is 99.9 Å². The number of rotatable bonds is 3. The van der Waals surface area contributed by atoms with E-state index in [0.29, 0.717) is 25.9 Å². The molecule has 108 valence electrons. The third kappa shape index (κ3) is 3.17. The molecule has 1 saturated heterocycles. The number of furan rings is 1. The van der Waals surface area contributed by atoms with Crippen molar-refractivity contribution in [2.24, 2.45) is 0 Å². The number of hydrogen-bond donors (Lipinski definition) is 2. The summed E-state index contributed by atoms with van der Waals surface area (Å²) in [6.45, 7) is 2.48. The molecule has 1 aliphatic heterocycles. The number of likely N-dealkylation sites (tertiary alicyclic amines) is 1. The van der Waals surface area contributed by atoms with Crippen LogP contribution < -0.4 is 5.32 Å². The Morgan fingerprint density at radius 3 is 2.35 bits per heavy atom. The average molecular weight is 280 g/mol. The molecule has 0 spiro atoms. The molecule has 2 N–H and O–H groups in total. The predicted octanol–water partition coefficient (Wildman–Crippen LogP) is 0.719. The Hall–Kier alpha value is -2.31. The van der Waals surface area contributed by atoms with Crippen molar-refractivity contribution in [2.75, 3.05) is 13.1 Å². The highest BCUT2D eigenvalue weighted by atomic mass is 16.4. The molecule has 1 fully saturated rings. The maximum Gasteiger partial charge on any atom is 0.371 e. The number of hydrogen-bond acceptors (Lipinski definition) is 4. The first-order valence-corrected chi connectivity index (χ1v) is 6.37. The molecular formula is C13H16N2O5. The van der Waals surface area contributed by atoms with Gasteiger partial charge in [-0.15, -0.1) is 0 Å². The highest BCUT2D eigenvalue weighted by Gasteiger charge is 2.26. The zero-order valence-electron chi connectivity index (χ0n) is 11.1. The van der Waals surface area contributed by atoms with Crippen LogP contribution in [-0.2, 0) is 4.79 Å². The SMILES string of the molecule is CC(=O)NC1CCN(C(=O)c2ccc(C(=O)O)o2)CC1. The fraction of sp³-hybridized carbons (Fsp3) is 0.462. The van der Waals surface area contributed by atoms with Gasteiger partial charge in [0, 0.05) is 26.1 Å². The summed E-state index contributed by atoms with van der Waals surface area (Å²) in [6, 6.07) is 2.72. The predicted molar refractivity (Wildman–Crippen MR) is 68.4 cm³/mol. The number of carboxylic acids is 1. The molecule has 0 unspecified atom stereocenters. The van der Waals surface area contributed by atoms with Gasteiger partial charge in [-0.25, -0.2) is 4.79 Å². The van der Waals surface area contributed by atoms with Gasteiger partial charge in [0.2, 0.25) is 11.7 Å². The monoisotopic (exact) mass is 280 g/mol. The van der Waals surface area contributed by atoms with E-state index >= 15 is 0 Å². The van der Waals surface area contributed by atoms with Crippen molar-refractivity contribution in [3.8, 4) is 0 Å². The molecule has 0 aromatic carbocycles. The summed E-state index contributed by atoms with van der Waals surface area (Å²) in [5.74, 6) is -1.82. The van der Waals surface area contributed by atoms with Crippen LogP contribution in [0.5, 0.6) is 0 Å². The van der Waals surface area contributed by atoms with E-state index in [0.717, 1.165) is 0 Å². The fourth-order valence-electron chi connectivity index (χ4n) is 2.24. The second kappa shape index (κ2) is 5.77. The third-order valence-electron chi connectivity index (χ3n) is 3.22. The molecule has 7 heteroatoms. The normalized spacial score (nSPS) is 15.9. The van der Waals surface area contributed by atoms with E-state index in [1.54, 1.807) is 4.90 Å². The fourth-order valence-corrected chi connectivity index (χ4v) is 2.24. The molecule has 2 rings (SSSR count). The molecule has 7 nitrogen and oxygen atoms in total. The van der Waals surface area contributed by atoms with Crippen molar-refractivity contribution in [3.63, 3.8) is 0 Å². The zero-order valence-corrected chi connectivity index (χ0v) is 11.1. The van der Waals surface area contributed by atoms with E-state index in [2.05, 4.69) is 5.32 Å². The molecule has 1 aromatic heterocycles. The number of nitrogens with zero attached hydrogens (tertiary/aromatic N) is 1. The Bertz CT molecular complexity index is 529. The summed E-state index contributed by atoms with van der Waals surface area (Å²) < 4.78 is 4.99. The average Bonchev–Trinajstić information content (AvgIpc) is 2.88. The van der Waals surface area contributed by atoms with Crippen LogP contribution in [-0.4, -0.2) is 46.9 Å². The molecular weight excluding hydrogens is 264 g/mol. The smallest absolute Gasteiger partial charge is 0.371 e. The van der Waals surface area contributed by atoms with E-state index in [1.165, 1.54) is 19.1 Å². The molecule has 2 amide bonds. The summed E-state index contributed by atoms with van der Waals surface area (Å²) in [6.07, 6.45) is 1.36. The van der Waals surface area contributed by atoms with Crippen molar-refractivity contribution in [1.29, 1.82) is 0 Å². The largest absolute Gasteiger partial charge is 0.475 e. The molecule has 0 saturated carbocycles. The Morgan fingerprint density at radius 1 is 1.25 bits per heavy atom. The molecule has 0 aliphatic carbocycles. The minimum atomic E-state index is -1.20. The molecule has 0 atom stereocenters. The van der Waals surface area contributed by atoms with Crippen molar-refractivity contribution in [2.45, 2.75) is 25.8 Å². The first-order valence-electron chi connectivity index (χ1n) is 6.37. The van der Waals surface area contributed by atoms with Crippen LogP contribution >= 0.6 is 0 Å². The van der Waals surface area contributed by atoms with Crippen LogP contribution in [0, 0.1) is 0 Å². The second-order valence-corrected chi connectivity index (χ2v) is 4.74. The van der Waals surface area contributed by atoms with Crippen molar-refractivity contribution < 1.29 is 23.9 Å². The molecule has 0 bridgehead atoms. The summed E-state index contributed by atoms with van der Waals surface area (Å²) in [5, 5.41) is 11.6. The lowest BCUT2D eigenvalue weighted by atomic mass is 10.0. The quantitative estimate of drug-likeness (QED) is 0.849. The molecule has 2 heterocycles. The molecule has 1 aromatic rings. The third-order valence-corrected chi connectivity index (χ3v) is 3.22. The summed E-state index contributed by atoms with van der Waals surface area (Å²) in [5.41, 5.74) is 0. The summed E-state index contributed by atoms with van der Waals surface area (Å²) in [4.78, 5) is 35.4. The minimum Gasteiger partial charge on any atom is -0.475 e. The molecule has 20 heavy (non-hydrogen) atoms. The number of piperidine rings is 1. The van der Waals surface area contributed by atoms with Gasteiger partial charge in [-0.1, -0.05) is 0 Å². The van der Waals surface area contributed by atoms with Crippen molar-refractivity contribution in [3.05, 3.63) is 23.7 Å². The van der Waals surface area contributed by atoms with Gasteiger partial charge < -0.3 is 19.7 Å². The van der Waals surface area contributed by atoms with E-state index in [1.807, 2.05) is 0 Å². The van der Waals surface area contributed by atoms with E-state index in [-0.39, 0.29) is 29.4 Å². The summed E-state index contributed by atoms with van der Waals surface area (Å²) in [7, 11) is 0. The summed E-state index contributed by atoms with van der Waals surface area (Å²) >= 11 is 0. The lowest BCUT2D eigenvalue weighted by Crippen LogP contribution is -2.46. The van der Waals surface area contributed by atoms with E-state index < -0.39 is 5.97 Å². The Balaban J connectivity index is 1.94. The maximum atomic E-state index is 12.1. The lowest BCUT2D eigenvalue weighted by Gasteiger charge is -2.31. The van der Waals surface area contributed by atoms with Crippen molar-refractivity contribution >= 4 is 17.8 Å². The molecule has 0 radical (unpaired) electrons. The Labute approximate surface area is 115 Å². The van der Waals surface area contributed by atoms with E-state index in [9.17, 15) is 14.4 Å². The highest BCUT2D eigenvalue weighted by molar-refractivity contribution is 5.93. The highest BCUT2D eigenvalue weighted by Crippen LogP contribution is 2.16. The van der Waals surface area contributed by atoms with Gasteiger partial charge in [0.15, 0.2) is 5.76 Å². The first-order chi connectivity index (χ1) is 9.47. The van der Waals surface area contributed by atoms with Gasteiger partial charge in [0.25, 0.3) is 5.91 Å². The van der Waals surface area contributed by atoms with Gasteiger partial charge in [-0.3, -0.25) is 9.59 Å². The van der Waals surface area contributed by atoms with Gasteiger partial charge in [-0.2, -0.15) is 0 Å². The van der Waals surface area contributed by atoms with Crippen LogP contribution in [0.1, 0.15) is 40.9 Å². The number of carbonyl (C=O) groups excluding carboxylic acids is 2. The Kier molecular flexibility index (Phi) is 4.07. The second-order valence-electron chi connectivity index (χ2n) is 4.74. The van der Waals surface area contributed by atoms with Crippen LogP contribution in [0.3, 0.4) is 0 Å². The Morgan fingerprint density at radius 2 is 1.85 bits per heavy atom. The van der Waals surface area contributed by atoms with Crippen LogP contribution in [0.2, 0.25) is 0 Å². The molecule has 1 aliphatic rings. The van der Waals surface area contributed by atoms with Gasteiger partial charge in [-0.05, 0) is 25.0 Å². The van der Waals surface area contributed by atoms with E-state index in [4.69, 9.17) is 9.52 Å². The first kappa shape index (κ1) is 14.1. The van der Waals surface area contributed by atoms with Crippen LogP contribution in [0.4, 0.5) is 0 Å². The van der Waals surface area contributed by atoms with Crippen LogP contribution in [0.15, 0.2) is 16.5 Å². The van der Waals surface area contributed by atoms with Gasteiger partial charge in [0.05, 0.1) is 0 Å². The maximum absolute atomic E-state index is 12.1.